The Labute approximate surface area is 232 Å². The SMILES string of the molecule is Cn1nc(C2CCC(=O)NC2=O)c2ccc(N3CCN(C[C@@H]4CCN(C(=O)OC(C)(C)C)C[C@@H]4F)CC3)c(F)c21. The molecule has 3 atom stereocenters. The summed E-state index contributed by atoms with van der Waals surface area (Å²) in [5, 5.41) is 7.39. The fourth-order valence-corrected chi connectivity index (χ4v) is 5.95. The molecule has 3 aliphatic heterocycles. The molecule has 5 rings (SSSR count). The number of piperidine rings is 2. The molecule has 4 heterocycles. The molecule has 1 N–H and O–H groups in total. The molecule has 3 amide bonds. The molecule has 0 aliphatic carbocycles. The number of aromatic nitrogens is 2. The Morgan fingerprint density at radius 1 is 1.12 bits per heavy atom. The third-order valence-electron chi connectivity index (χ3n) is 8.06. The molecule has 3 aliphatic rings. The van der Waals surface area contributed by atoms with Crippen molar-refractivity contribution in [3.8, 4) is 0 Å². The summed E-state index contributed by atoms with van der Waals surface area (Å²) in [6, 6.07) is 3.53. The largest absolute Gasteiger partial charge is 0.444 e. The van der Waals surface area contributed by atoms with Crippen LogP contribution < -0.4 is 10.2 Å². The van der Waals surface area contributed by atoms with Gasteiger partial charge in [0.05, 0.1) is 23.8 Å². The van der Waals surface area contributed by atoms with E-state index in [4.69, 9.17) is 4.74 Å². The second-order valence-corrected chi connectivity index (χ2v) is 12.1. The first-order valence-electron chi connectivity index (χ1n) is 14.0. The van der Waals surface area contributed by atoms with Crippen molar-refractivity contribution in [2.45, 2.75) is 57.7 Å². The Balaban J connectivity index is 1.20. The molecule has 0 bridgehead atoms. The van der Waals surface area contributed by atoms with Crippen LogP contribution in [0.25, 0.3) is 10.9 Å². The van der Waals surface area contributed by atoms with Crippen LogP contribution in [0.1, 0.15) is 51.6 Å². The molecule has 0 saturated carbocycles. The zero-order valence-electron chi connectivity index (χ0n) is 23.6. The molecule has 10 nitrogen and oxygen atoms in total. The average Bonchev–Trinajstić information content (AvgIpc) is 3.21. The Bertz CT molecular complexity index is 1300. The molecule has 1 aromatic carbocycles. The zero-order valence-corrected chi connectivity index (χ0v) is 23.6. The normalized spacial score (nSPS) is 24.9. The van der Waals surface area contributed by atoms with Gasteiger partial charge in [-0.3, -0.25) is 24.5 Å². The Morgan fingerprint density at radius 2 is 1.85 bits per heavy atom. The van der Waals surface area contributed by atoms with Crippen LogP contribution in [0, 0.1) is 11.7 Å². The van der Waals surface area contributed by atoms with Gasteiger partial charge in [0.15, 0.2) is 5.82 Å². The highest BCUT2D eigenvalue weighted by Crippen LogP contribution is 2.35. The maximum absolute atomic E-state index is 15.8. The molecular weight excluding hydrogens is 522 g/mol. The minimum atomic E-state index is -1.12. The summed E-state index contributed by atoms with van der Waals surface area (Å²) in [4.78, 5) is 41.9. The molecule has 2 aromatic rings. The Hall–Kier alpha value is -3.28. The Kier molecular flexibility index (Phi) is 7.73. The van der Waals surface area contributed by atoms with Gasteiger partial charge in [0.1, 0.15) is 17.3 Å². The van der Waals surface area contributed by atoms with Crippen molar-refractivity contribution in [3.63, 3.8) is 0 Å². The number of benzene rings is 1. The van der Waals surface area contributed by atoms with Crippen LogP contribution in [0.15, 0.2) is 12.1 Å². The monoisotopic (exact) mass is 560 g/mol. The first kappa shape index (κ1) is 28.3. The topological polar surface area (TPSA) is 100 Å². The van der Waals surface area contributed by atoms with Crippen LogP contribution in [-0.4, -0.2) is 95.1 Å². The number of nitrogens with zero attached hydrogens (tertiary/aromatic N) is 5. The van der Waals surface area contributed by atoms with E-state index >= 15 is 8.78 Å². The second kappa shape index (κ2) is 10.9. The van der Waals surface area contributed by atoms with Crippen molar-refractivity contribution in [1.29, 1.82) is 0 Å². The van der Waals surface area contributed by atoms with Crippen molar-refractivity contribution in [1.82, 2.24) is 24.9 Å². The second-order valence-electron chi connectivity index (χ2n) is 12.1. The van der Waals surface area contributed by atoms with Crippen molar-refractivity contribution in [2.24, 2.45) is 13.0 Å². The van der Waals surface area contributed by atoms with Gasteiger partial charge in [-0.1, -0.05) is 0 Å². The van der Waals surface area contributed by atoms with E-state index < -0.39 is 35.5 Å². The number of imide groups is 1. The van der Waals surface area contributed by atoms with Crippen LogP contribution in [0.5, 0.6) is 0 Å². The van der Waals surface area contributed by atoms with Crippen LogP contribution in [0.3, 0.4) is 0 Å². The predicted octanol–water partition coefficient (Wildman–Crippen LogP) is 2.95. The van der Waals surface area contributed by atoms with Crippen molar-refractivity contribution in [2.75, 3.05) is 50.7 Å². The van der Waals surface area contributed by atoms with E-state index in [-0.39, 0.29) is 24.8 Å². The number of carbonyl (C=O) groups is 3. The van der Waals surface area contributed by atoms with Crippen LogP contribution >= 0.6 is 0 Å². The first-order chi connectivity index (χ1) is 18.9. The lowest BCUT2D eigenvalue weighted by atomic mass is 9.92. The molecule has 1 aromatic heterocycles. The highest BCUT2D eigenvalue weighted by Gasteiger charge is 2.36. The van der Waals surface area contributed by atoms with Gasteiger partial charge in [-0.05, 0) is 45.7 Å². The molecule has 3 fully saturated rings. The lowest BCUT2D eigenvalue weighted by Gasteiger charge is -2.41. The fraction of sp³-hybridized carbons (Fsp3) is 0.643. The number of anilines is 1. The summed E-state index contributed by atoms with van der Waals surface area (Å²) < 4.78 is 37.7. The molecule has 40 heavy (non-hydrogen) atoms. The average molecular weight is 561 g/mol. The number of alkyl halides is 1. The van der Waals surface area contributed by atoms with E-state index in [1.807, 2.05) is 4.90 Å². The van der Waals surface area contributed by atoms with Gasteiger partial charge < -0.3 is 14.5 Å². The quantitative estimate of drug-likeness (QED) is 0.574. The first-order valence-corrected chi connectivity index (χ1v) is 14.0. The summed E-state index contributed by atoms with van der Waals surface area (Å²) in [6.45, 7) is 9.01. The number of ether oxygens (including phenoxy) is 1. The number of hydrogen-bond donors (Lipinski definition) is 1. The summed E-state index contributed by atoms with van der Waals surface area (Å²) in [6.07, 6.45) is -0.448. The number of likely N-dealkylation sites (tertiary alicyclic amines) is 1. The van der Waals surface area contributed by atoms with E-state index in [1.54, 1.807) is 40.0 Å². The van der Waals surface area contributed by atoms with Crippen molar-refractivity contribution < 1.29 is 27.9 Å². The van der Waals surface area contributed by atoms with E-state index in [1.165, 1.54) is 9.58 Å². The molecule has 12 heteroatoms. The number of halogens is 2. The van der Waals surface area contributed by atoms with E-state index in [0.29, 0.717) is 74.4 Å². The number of nitrogens with one attached hydrogen (secondary N) is 1. The van der Waals surface area contributed by atoms with Gasteiger partial charge in [0, 0.05) is 64.0 Å². The number of carbonyl (C=O) groups excluding carboxylic acids is 3. The van der Waals surface area contributed by atoms with Crippen LogP contribution in [-0.2, 0) is 21.4 Å². The summed E-state index contributed by atoms with van der Waals surface area (Å²) in [7, 11) is 1.66. The lowest BCUT2D eigenvalue weighted by molar-refractivity contribution is -0.134. The summed E-state index contributed by atoms with van der Waals surface area (Å²) in [5.74, 6) is -1.85. The molecule has 218 valence electrons. The highest BCUT2D eigenvalue weighted by molar-refractivity contribution is 6.02. The van der Waals surface area contributed by atoms with E-state index in [2.05, 4.69) is 15.3 Å². The highest BCUT2D eigenvalue weighted by atomic mass is 19.1. The van der Waals surface area contributed by atoms with Crippen molar-refractivity contribution in [3.05, 3.63) is 23.6 Å². The van der Waals surface area contributed by atoms with Crippen LogP contribution in [0.4, 0.5) is 19.3 Å². The minimum Gasteiger partial charge on any atom is -0.444 e. The van der Waals surface area contributed by atoms with Gasteiger partial charge in [-0.25, -0.2) is 13.6 Å². The van der Waals surface area contributed by atoms with Gasteiger partial charge >= 0.3 is 6.09 Å². The number of fused-ring (bicyclic) bond motifs is 1. The number of aryl methyl sites for hydroxylation is 1. The molecule has 3 saturated heterocycles. The summed E-state index contributed by atoms with van der Waals surface area (Å²) in [5.41, 5.74) is 0.669. The van der Waals surface area contributed by atoms with E-state index in [9.17, 15) is 14.4 Å². The maximum atomic E-state index is 15.8. The fourth-order valence-electron chi connectivity index (χ4n) is 5.95. The van der Waals surface area contributed by atoms with Gasteiger partial charge in [-0.15, -0.1) is 0 Å². The number of hydrogen-bond acceptors (Lipinski definition) is 7. The number of rotatable bonds is 4. The summed E-state index contributed by atoms with van der Waals surface area (Å²) >= 11 is 0. The standard InChI is InChI=1S/C28H38F2N6O4/c1-28(2,3)40-27(39)36-10-9-17(20(29)16-36)15-34-11-13-35(14-12-34)21-7-5-18-24(32-33(4)25(18)23(21)30)19-6-8-22(37)31-26(19)38/h5,7,17,19-20H,6,8-16H2,1-4H3,(H,31,37,38)/t17-,19?,20-/m0/s1. The number of amides is 3. The predicted molar refractivity (Wildman–Crippen MR) is 145 cm³/mol. The minimum absolute atomic E-state index is 0.0380. The van der Waals surface area contributed by atoms with Gasteiger partial charge in [-0.2, -0.15) is 5.10 Å². The van der Waals surface area contributed by atoms with Crippen molar-refractivity contribution >= 4 is 34.5 Å². The maximum Gasteiger partial charge on any atom is 0.410 e. The van der Waals surface area contributed by atoms with Crippen LogP contribution in [0.2, 0.25) is 0 Å². The third-order valence-corrected chi connectivity index (χ3v) is 8.06. The van der Waals surface area contributed by atoms with Gasteiger partial charge in [0.25, 0.3) is 0 Å². The lowest BCUT2D eigenvalue weighted by Crippen LogP contribution is -2.52. The Morgan fingerprint density at radius 3 is 2.50 bits per heavy atom. The molecule has 0 spiro atoms. The molecule has 0 radical (unpaired) electrons. The van der Waals surface area contributed by atoms with Gasteiger partial charge in [0.2, 0.25) is 11.8 Å². The molecule has 1 unspecified atom stereocenters. The number of piperazine rings is 1. The third kappa shape index (κ3) is 5.77. The molecular formula is C28H38F2N6O4. The smallest absolute Gasteiger partial charge is 0.410 e. The zero-order chi connectivity index (χ0) is 28.8. The van der Waals surface area contributed by atoms with E-state index in [0.717, 1.165) is 0 Å².